The van der Waals surface area contributed by atoms with Gasteiger partial charge in [0.1, 0.15) is 5.15 Å². The van der Waals surface area contributed by atoms with Crippen molar-refractivity contribution in [3.8, 4) is 0 Å². The SMILES string of the molecule is Cc1nn(C)c(Cl)c1COCCCC(C)C. The fraction of sp³-hybridized carbons (Fsp3) is 0.750. The lowest BCUT2D eigenvalue weighted by atomic mass is 10.1. The summed E-state index contributed by atoms with van der Waals surface area (Å²) in [7, 11) is 1.84. The molecular weight excluding hydrogens is 224 g/mol. The number of hydrogen-bond acceptors (Lipinski definition) is 2. The number of aryl methyl sites for hydroxylation is 2. The molecule has 1 rings (SSSR count). The summed E-state index contributed by atoms with van der Waals surface area (Å²) in [4.78, 5) is 0. The normalized spacial score (nSPS) is 11.4. The van der Waals surface area contributed by atoms with E-state index < -0.39 is 0 Å². The molecule has 0 fully saturated rings. The molecule has 0 aliphatic rings. The Hall–Kier alpha value is -0.540. The topological polar surface area (TPSA) is 27.1 Å². The summed E-state index contributed by atoms with van der Waals surface area (Å²) in [6, 6.07) is 0. The Morgan fingerprint density at radius 2 is 2.12 bits per heavy atom. The van der Waals surface area contributed by atoms with Crippen LogP contribution in [0.4, 0.5) is 0 Å². The van der Waals surface area contributed by atoms with E-state index in [2.05, 4.69) is 18.9 Å². The van der Waals surface area contributed by atoms with E-state index in [0.717, 1.165) is 30.2 Å². The van der Waals surface area contributed by atoms with Gasteiger partial charge in [-0.05, 0) is 25.7 Å². The fourth-order valence-corrected chi connectivity index (χ4v) is 1.83. The third-order valence-electron chi connectivity index (χ3n) is 2.59. The van der Waals surface area contributed by atoms with Crippen LogP contribution in [0.3, 0.4) is 0 Å². The zero-order chi connectivity index (χ0) is 12.1. The maximum Gasteiger partial charge on any atom is 0.132 e. The first-order chi connectivity index (χ1) is 7.52. The van der Waals surface area contributed by atoms with Gasteiger partial charge in [0.25, 0.3) is 0 Å². The highest BCUT2D eigenvalue weighted by Gasteiger charge is 2.10. The van der Waals surface area contributed by atoms with Crippen molar-refractivity contribution >= 4 is 11.6 Å². The zero-order valence-electron chi connectivity index (χ0n) is 10.6. The molecule has 0 aromatic carbocycles. The standard InChI is InChI=1S/C12H21ClN2O/c1-9(2)6-5-7-16-8-11-10(3)14-15(4)12(11)13/h9H,5-8H2,1-4H3. The highest BCUT2D eigenvalue weighted by molar-refractivity contribution is 6.30. The monoisotopic (exact) mass is 244 g/mol. The van der Waals surface area contributed by atoms with Crippen molar-refractivity contribution < 1.29 is 4.74 Å². The van der Waals surface area contributed by atoms with Crippen molar-refractivity contribution in [3.63, 3.8) is 0 Å². The highest BCUT2D eigenvalue weighted by atomic mass is 35.5. The van der Waals surface area contributed by atoms with Gasteiger partial charge in [0.2, 0.25) is 0 Å². The van der Waals surface area contributed by atoms with Crippen LogP contribution in [0.25, 0.3) is 0 Å². The van der Waals surface area contributed by atoms with Gasteiger partial charge in [-0.15, -0.1) is 0 Å². The molecule has 3 nitrogen and oxygen atoms in total. The lowest BCUT2D eigenvalue weighted by Crippen LogP contribution is -1.98. The van der Waals surface area contributed by atoms with Gasteiger partial charge in [-0.25, -0.2) is 0 Å². The van der Waals surface area contributed by atoms with Crippen molar-refractivity contribution in [2.45, 2.75) is 40.2 Å². The predicted molar refractivity (Wildman–Crippen MR) is 66.7 cm³/mol. The minimum Gasteiger partial charge on any atom is -0.377 e. The third-order valence-corrected chi connectivity index (χ3v) is 3.06. The molecule has 0 atom stereocenters. The lowest BCUT2D eigenvalue weighted by Gasteiger charge is -2.06. The summed E-state index contributed by atoms with van der Waals surface area (Å²) in [5.74, 6) is 0.743. The van der Waals surface area contributed by atoms with Crippen LogP contribution < -0.4 is 0 Å². The Labute approximate surface area is 103 Å². The quantitative estimate of drug-likeness (QED) is 0.718. The molecule has 16 heavy (non-hydrogen) atoms. The van der Waals surface area contributed by atoms with E-state index in [1.807, 2.05) is 14.0 Å². The molecular formula is C12H21ClN2O. The molecule has 1 aromatic rings. The van der Waals surface area contributed by atoms with E-state index in [9.17, 15) is 0 Å². The zero-order valence-corrected chi connectivity index (χ0v) is 11.3. The molecule has 0 bridgehead atoms. The van der Waals surface area contributed by atoms with E-state index in [0.29, 0.717) is 11.8 Å². The van der Waals surface area contributed by atoms with E-state index in [-0.39, 0.29) is 0 Å². The van der Waals surface area contributed by atoms with E-state index >= 15 is 0 Å². The molecule has 1 aromatic heterocycles. The van der Waals surface area contributed by atoms with Crippen molar-refractivity contribution in [2.75, 3.05) is 6.61 Å². The molecule has 0 saturated carbocycles. The van der Waals surface area contributed by atoms with Gasteiger partial charge in [0.15, 0.2) is 0 Å². The Balaban J connectivity index is 2.32. The van der Waals surface area contributed by atoms with E-state index in [1.165, 1.54) is 6.42 Å². The van der Waals surface area contributed by atoms with E-state index in [4.69, 9.17) is 16.3 Å². The third kappa shape index (κ3) is 3.80. The smallest absolute Gasteiger partial charge is 0.132 e. The number of hydrogen-bond donors (Lipinski definition) is 0. The Kier molecular flexibility index (Phi) is 5.29. The molecule has 1 heterocycles. The molecule has 0 radical (unpaired) electrons. The molecule has 0 unspecified atom stereocenters. The average molecular weight is 245 g/mol. The summed E-state index contributed by atoms with van der Waals surface area (Å²) in [6.07, 6.45) is 2.31. The highest BCUT2D eigenvalue weighted by Crippen LogP contribution is 2.19. The largest absolute Gasteiger partial charge is 0.377 e. The summed E-state index contributed by atoms with van der Waals surface area (Å²) in [5, 5.41) is 4.92. The van der Waals surface area contributed by atoms with Crippen LogP contribution in [-0.2, 0) is 18.4 Å². The van der Waals surface area contributed by atoms with Gasteiger partial charge in [-0.1, -0.05) is 25.4 Å². The first-order valence-electron chi connectivity index (χ1n) is 5.78. The first kappa shape index (κ1) is 13.5. The summed E-state index contributed by atoms with van der Waals surface area (Å²) in [5.41, 5.74) is 1.96. The Morgan fingerprint density at radius 3 is 2.62 bits per heavy atom. The van der Waals surface area contributed by atoms with Crippen LogP contribution in [0, 0.1) is 12.8 Å². The molecule has 0 saturated heterocycles. The second-order valence-electron chi connectivity index (χ2n) is 4.57. The van der Waals surface area contributed by atoms with Crippen molar-refractivity contribution in [2.24, 2.45) is 13.0 Å². The Bertz CT molecular complexity index is 334. The lowest BCUT2D eigenvalue weighted by molar-refractivity contribution is 0.114. The second-order valence-corrected chi connectivity index (χ2v) is 4.93. The molecule has 4 heteroatoms. The minimum absolute atomic E-state index is 0.566. The van der Waals surface area contributed by atoms with Crippen LogP contribution >= 0.6 is 11.6 Å². The number of rotatable bonds is 6. The Morgan fingerprint density at radius 1 is 1.44 bits per heavy atom. The molecule has 0 N–H and O–H groups in total. The molecule has 92 valence electrons. The van der Waals surface area contributed by atoms with Crippen LogP contribution in [0.2, 0.25) is 5.15 Å². The second kappa shape index (κ2) is 6.26. The number of aromatic nitrogens is 2. The maximum absolute atomic E-state index is 6.10. The van der Waals surface area contributed by atoms with E-state index in [1.54, 1.807) is 4.68 Å². The predicted octanol–water partition coefficient (Wildman–Crippen LogP) is 3.33. The number of ether oxygens (including phenoxy) is 1. The van der Waals surface area contributed by atoms with Gasteiger partial charge < -0.3 is 4.74 Å². The molecule has 0 aliphatic heterocycles. The molecule has 0 aliphatic carbocycles. The molecule has 0 amide bonds. The first-order valence-corrected chi connectivity index (χ1v) is 6.16. The van der Waals surface area contributed by atoms with Crippen LogP contribution in [0.5, 0.6) is 0 Å². The maximum atomic E-state index is 6.10. The van der Waals surface area contributed by atoms with Crippen LogP contribution in [0.1, 0.15) is 37.9 Å². The van der Waals surface area contributed by atoms with Gasteiger partial charge in [0.05, 0.1) is 12.3 Å². The molecule has 0 spiro atoms. The van der Waals surface area contributed by atoms with Crippen LogP contribution in [0.15, 0.2) is 0 Å². The van der Waals surface area contributed by atoms with Gasteiger partial charge in [-0.2, -0.15) is 5.10 Å². The summed E-state index contributed by atoms with van der Waals surface area (Å²) >= 11 is 6.10. The van der Waals surface area contributed by atoms with Gasteiger partial charge in [0, 0.05) is 19.2 Å². The summed E-state index contributed by atoms with van der Waals surface area (Å²) < 4.78 is 7.29. The van der Waals surface area contributed by atoms with Gasteiger partial charge in [-0.3, -0.25) is 4.68 Å². The number of halogens is 1. The fourth-order valence-electron chi connectivity index (χ4n) is 1.61. The van der Waals surface area contributed by atoms with Crippen molar-refractivity contribution in [1.82, 2.24) is 9.78 Å². The van der Waals surface area contributed by atoms with Crippen molar-refractivity contribution in [1.29, 1.82) is 0 Å². The summed E-state index contributed by atoms with van der Waals surface area (Å²) in [6.45, 7) is 7.77. The van der Waals surface area contributed by atoms with Crippen molar-refractivity contribution in [3.05, 3.63) is 16.4 Å². The van der Waals surface area contributed by atoms with Crippen LogP contribution in [-0.4, -0.2) is 16.4 Å². The number of nitrogens with zero attached hydrogens (tertiary/aromatic N) is 2. The minimum atomic E-state index is 0.566. The van der Waals surface area contributed by atoms with Gasteiger partial charge >= 0.3 is 0 Å². The average Bonchev–Trinajstić information content (AvgIpc) is 2.43.